The molecule has 0 radical (unpaired) electrons. The lowest BCUT2D eigenvalue weighted by atomic mass is 10.1. The molecule has 0 aliphatic carbocycles. The first-order valence-corrected chi connectivity index (χ1v) is 9.04. The SMILES string of the molecule is CCCCCCCCCCCOC(=O)CCC(O)CCC. The third-order valence-electron chi connectivity index (χ3n) is 3.81. The number of rotatable bonds is 15. The van der Waals surface area contributed by atoms with Crippen molar-refractivity contribution in [3.05, 3.63) is 0 Å². The number of unbranched alkanes of at least 4 members (excludes halogenated alkanes) is 8. The van der Waals surface area contributed by atoms with Gasteiger partial charge in [-0.1, -0.05) is 71.6 Å². The van der Waals surface area contributed by atoms with Crippen LogP contribution in [-0.4, -0.2) is 23.8 Å². The average molecular weight is 300 g/mol. The lowest BCUT2D eigenvalue weighted by molar-refractivity contribution is -0.144. The lowest BCUT2D eigenvalue weighted by Crippen LogP contribution is -2.12. The molecule has 0 bridgehead atoms. The van der Waals surface area contributed by atoms with E-state index < -0.39 is 0 Å². The lowest BCUT2D eigenvalue weighted by Gasteiger charge is -2.09. The molecule has 0 aromatic heterocycles. The maximum absolute atomic E-state index is 11.5. The molecule has 0 aliphatic heterocycles. The van der Waals surface area contributed by atoms with E-state index in [9.17, 15) is 9.90 Å². The Morgan fingerprint density at radius 1 is 0.857 bits per heavy atom. The third-order valence-corrected chi connectivity index (χ3v) is 3.81. The molecule has 1 N–H and O–H groups in total. The van der Waals surface area contributed by atoms with Crippen molar-refractivity contribution in [1.29, 1.82) is 0 Å². The Morgan fingerprint density at radius 3 is 2.00 bits per heavy atom. The molecule has 0 fully saturated rings. The highest BCUT2D eigenvalue weighted by Gasteiger charge is 2.08. The number of esters is 1. The summed E-state index contributed by atoms with van der Waals surface area (Å²) < 4.78 is 5.18. The first kappa shape index (κ1) is 20.4. The van der Waals surface area contributed by atoms with Crippen LogP contribution in [0.3, 0.4) is 0 Å². The van der Waals surface area contributed by atoms with E-state index in [-0.39, 0.29) is 12.1 Å². The zero-order valence-corrected chi connectivity index (χ0v) is 14.2. The molecule has 0 saturated heterocycles. The Balaban J connectivity index is 3.21. The molecule has 0 aliphatic rings. The quantitative estimate of drug-likeness (QED) is 0.342. The van der Waals surface area contributed by atoms with Crippen LogP contribution in [0.5, 0.6) is 0 Å². The third kappa shape index (κ3) is 15.6. The molecular formula is C18H36O3. The number of carbonyl (C=O) groups excluding carboxylic acids is 1. The van der Waals surface area contributed by atoms with Gasteiger partial charge in [-0.15, -0.1) is 0 Å². The van der Waals surface area contributed by atoms with Gasteiger partial charge in [0.25, 0.3) is 0 Å². The molecule has 126 valence electrons. The summed E-state index contributed by atoms with van der Waals surface area (Å²) in [7, 11) is 0. The van der Waals surface area contributed by atoms with Crippen molar-refractivity contribution >= 4 is 5.97 Å². The number of ether oxygens (including phenoxy) is 1. The average Bonchev–Trinajstić information content (AvgIpc) is 2.47. The monoisotopic (exact) mass is 300 g/mol. The second-order valence-corrected chi connectivity index (χ2v) is 6.03. The molecule has 0 saturated carbocycles. The van der Waals surface area contributed by atoms with Crippen molar-refractivity contribution in [2.24, 2.45) is 0 Å². The number of aliphatic hydroxyl groups excluding tert-OH is 1. The predicted octanol–water partition coefficient (Wildman–Crippen LogP) is 5.00. The van der Waals surface area contributed by atoms with E-state index >= 15 is 0 Å². The molecule has 0 rings (SSSR count). The van der Waals surface area contributed by atoms with Crippen LogP contribution >= 0.6 is 0 Å². The van der Waals surface area contributed by atoms with Gasteiger partial charge in [0.1, 0.15) is 0 Å². The molecule has 1 atom stereocenters. The standard InChI is InChI=1S/C18H36O3/c1-3-5-6-7-8-9-10-11-12-16-21-18(20)15-14-17(19)13-4-2/h17,19H,3-16H2,1-2H3. The van der Waals surface area contributed by atoms with E-state index in [4.69, 9.17) is 4.74 Å². The molecular weight excluding hydrogens is 264 g/mol. The van der Waals surface area contributed by atoms with Crippen molar-refractivity contribution in [2.45, 2.75) is 103 Å². The Hall–Kier alpha value is -0.570. The molecule has 1 unspecified atom stereocenters. The number of aliphatic hydroxyl groups is 1. The minimum Gasteiger partial charge on any atom is -0.466 e. The summed E-state index contributed by atoms with van der Waals surface area (Å²) in [6, 6.07) is 0. The van der Waals surface area contributed by atoms with Crippen LogP contribution in [0.25, 0.3) is 0 Å². The van der Waals surface area contributed by atoms with Gasteiger partial charge >= 0.3 is 5.97 Å². The van der Waals surface area contributed by atoms with Crippen LogP contribution < -0.4 is 0 Å². The van der Waals surface area contributed by atoms with Crippen molar-refractivity contribution in [1.82, 2.24) is 0 Å². The summed E-state index contributed by atoms with van der Waals surface area (Å²) in [5.41, 5.74) is 0. The molecule has 3 heteroatoms. The number of carbonyl (C=O) groups is 1. The van der Waals surface area contributed by atoms with Crippen LogP contribution in [0.1, 0.15) is 97.3 Å². The van der Waals surface area contributed by atoms with E-state index in [1.807, 2.05) is 6.92 Å². The summed E-state index contributed by atoms with van der Waals surface area (Å²) in [6.07, 6.45) is 13.7. The van der Waals surface area contributed by atoms with E-state index in [2.05, 4.69) is 6.92 Å². The van der Waals surface area contributed by atoms with Gasteiger partial charge in [0, 0.05) is 6.42 Å². The van der Waals surface area contributed by atoms with Gasteiger partial charge in [-0.2, -0.15) is 0 Å². The molecule has 0 aromatic carbocycles. The second kappa shape index (κ2) is 15.8. The van der Waals surface area contributed by atoms with Crippen molar-refractivity contribution in [3.63, 3.8) is 0 Å². The fourth-order valence-corrected chi connectivity index (χ4v) is 2.43. The van der Waals surface area contributed by atoms with Gasteiger partial charge in [0.15, 0.2) is 0 Å². The predicted molar refractivity (Wildman–Crippen MR) is 88.3 cm³/mol. The summed E-state index contributed by atoms with van der Waals surface area (Å²) in [5, 5.41) is 9.54. The number of hydrogen-bond acceptors (Lipinski definition) is 3. The van der Waals surface area contributed by atoms with Gasteiger partial charge in [0.05, 0.1) is 12.7 Å². The van der Waals surface area contributed by atoms with E-state index in [0.717, 1.165) is 25.7 Å². The van der Waals surface area contributed by atoms with Gasteiger partial charge < -0.3 is 9.84 Å². The Bertz CT molecular complexity index is 229. The molecule has 0 spiro atoms. The summed E-state index contributed by atoms with van der Waals surface area (Å²) in [6.45, 7) is 4.82. The van der Waals surface area contributed by atoms with Crippen LogP contribution in [0, 0.1) is 0 Å². The van der Waals surface area contributed by atoms with E-state index in [1.165, 1.54) is 44.9 Å². The largest absolute Gasteiger partial charge is 0.466 e. The van der Waals surface area contributed by atoms with Crippen molar-refractivity contribution < 1.29 is 14.6 Å². The first-order chi connectivity index (χ1) is 10.2. The smallest absolute Gasteiger partial charge is 0.305 e. The molecule has 0 aromatic rings. The highest BCUT2D eigenvalue weighted by atomic mass is 16.5. The Morgan fingerprint density at radius 2 is 1.43 bits per heavy atom. The highest BCUT2D eigenvalue weighted by molar-refractivity contribution is 5.69. The van der Waals surface area contributed by atoms with E-state index in [1.54, 1.807) is 0 Å². The van der Waals surface area contributed by atoms with Crippen LogP contribution in [0.4, 0.5) is 0 Å². The topological polar surface area (TPSA) is 46.5 Å². The first-order valence-electron chi connectivity index (χ1n) is 9.04. The summed E-state index contributed by atoms with van der Waals surface area (Å²) in [4.78, 5) is 11.5. The zero-order valence-electron chi connectivity index (χ0n) is 14.2. The van der Waals surface area contributed by atoms with Crippen LogP contribution in [0.15, 0.2) is 0 Å². The van der Waals surface area contributed by atoms with Gasteiger partial charge in [-0.25, -0.2) is 0 Å². The Kier molecular flexibility index (Phi) is 15.4. The highest BCUT2D eigenvalue weighted by Crippen LogP contribution is 2.10. The van der Waals surface area contributed by atoms with Crippen LogP contribution in [-0.2, 0) is 9.53 Å². The maximum atomic E-state index is 11.5. The van der Waals surface area contributed by atoms with Gasteiger partial charge in [-0.05, 0) is 19.3 Å². The fraction of sp³-hybridized carbons (Fsp3) is 0.944. The van der Waals surface area contributed by atoms with Gasteiger partial charge in [0.2, 0.25) is 0 Å². The van der Waals surface area contributed by atoms with Gasteiger partial charge in [-0.3, -0.25) is 4.79 Å². The molecule has 21 heavy (non-hydrogen) atoms. The van der Waals surface area contributed by atoms with E-state index in [0.29, 0.717) is 19.4 Å². The summed E-state index contributed by atoms with van der Waals surface area (Å²) >= 11 is 0. The van der Waals surface area contributed by atoms with Crippen molar-refractivity contribution in [3.8, 4) is 0 Å². The minimum absolute atomic E-state index is 0.162. The fourth-order valence-electron chi connectivity index (χ4n) is 2.43. The van der Waals surface area contributed by atoms with Crippen LogP contribution in [0.2, 0.25) is 0 Å². The van der Waals surface area contributed by atoms with Crippen molar-refractivity contribution in [2.75, 3.05) is 6.61 Å². The second-order valence-electron chi connectivity index (χ2n) is 6.03. The molecule has 3 nitrogen and oxygen atoms in total. The Labute approximate surface area is 131 Å². The normalized spacial score (nSPS) is 12.3. The molecule has 0 amide bonds. The zero-order chi connectivity index (χ0) is 15.8. The minimum atomic E-state index is -0.352. The maximum Gasteiger partial charge on any atom is 0.305 e. The number of hydrogen-bond donors (Lipinski definition) is 1. The molecule has 0 heterocycles. The summed E-state index contributed by atoms with van der Waals surface area (Å²) in [5.74, 6) is -0.162.